The summed E-state index contributed by atoms with van der Waals surface area (Å²) in [5.41, 5.74) is -1.09. The highest BCUT2D eigenvalue weighted by atomic mass is 17.2. The maximum atomic E-state index is 12.4. The van der Waals surface area contributed by atoms with Crippen molar-refractivity contribution in [3.8, 4) is 0 Å². The minimum Gasteiger partial charge on any atom is -0.390 e. The molecule has 146 valence electrons. The molecule has 1 heterocycles. The van der Waals surface area contributed by atoms with Crippen LogP contribution < -0.4 is 0 Å². The van der Waals surface area contributed by atoms with Crippen LogP contribution in [-0.4, -0.2) is 40.2 Å². The summed E-state index contributed by atoms with van der Waals surface area (Å²) in [6.07, 6.45) is -2.56. The Labute approximate surface area is 153 Å². The predicted molar refractivity (Wildman–Crippen MR) is 84.6 cm³/mol. The normalized spacial score (nSPS) is 18.8. The molecule has 1 aromatic carbocycles. The maximum absolute atomic E-state index is 12.4. The third-order valence-electron chi connectivity index (χ3n) is 3.73. The summed E-state index contributed by atoms with van der Waals surface area (Å²) in [6.45, 7) is 1.26. The Morgan fingerprint density at radius 1 is 0.852 bits per heavy atom. The summed E-state index contributed by atoms with van der Waals surface area (Å²) in [6, 6.07) is 3.73. The van der Waals surface area contributed by atoms with Crippen LogP contribution in [0.3, 0.4) is 0 Å². The second-order valence-corrected chi connectivity index (χ2v) is 5.81. The van der Waals surface area contributed by atoms with Gasteiger partial charge in [0.25, 0.3) is 0 Å². The molecule has 0 saturated carbocycles. The molecule has 2 unspecified atom stereocenters. The summed E-state index contributed by atoms with van der Waals surface area (Å²) in [7, 11) is 0. The van der Waals surface area contributed by atoms with Gasteiger partial charge in [-0.3, -0.25) is 0 Å². The molecule has 2 rings (SSSR count). The van der Waals surface area contributed by atoms with Gasteiger partial charge in [0, 0.05) is 0 Å². The Morgan fingerprint density at radius 2 is 1.41 bits per heavy atom. The summed E-state index contributed by atoms with van der Waals surface area (Å²) >= 11 is 0. The highest BCUT2D eigenvalue weighted by Crippen LogP contribution is 2.26. The van der Waals surface area contributed by atoms with Crippen LogP contribution in [-0.2, 0) is 29.1 Å². The number of aliphatic hydroxyl groups excluding tert-OH is 2. The third-order valence-corrected chi connectivity index (χ3v) is 3.73. The SMILES string of the molecule is CC(O)C(O)c1cccc2c1C(=O)OOC(=O)CCCCC(=O)OOC2=O. The Balaban J connectivity index is 2.45. The smallest absolute Gasteiger partial charge is 0.387 e. The highest BCUT2D eigenvalue weighted by molar-refractivity contribution is 6.04. The monoisotopic (exact) mass is 382 g/mol. The molecule has 1 aliphatic rings. The zero-order valence-corrected chi connectivity index (χ0v) is 14.4. The third kappa shape index (κ3) is 5.25. The number of aliphatic hydroxyl groups is 2. The van der Waals surface area contributed by atoms with Crippen LogP contribution >= 0.6 is 0 Å². The molecule has 0 aliphatic carbocycles. The molecule has 10 heteroatoms. The molecular formula is C17H18O10. The van der Waals surface area contributed by atoms with E-state index in [0.717, 1.165) is 6.07 Å². The maximum Gasteiger partial charge on any atom is 0.387 e. The van der Waals surface area contributed by atoms with Crippen molar-refractivity contribution < 1.29 is 48.9 Å². The predicted octanol–water partition coefficient (Wildman–Crippen LogP) is 0.905. The second kappa shape index (κ2) is 9.10. The average molecular weight is 382 g/mol. The van der Waals surface area contributed by atoms with E-state index in [1.165, 1.54) is 19.1 Å². The summed E-state index contributed by atoms with van der Waals surface area (Å²) in [5, 5.41) is 19.7. The molecule has 1 aromatic rings. The van der Waals surface area contributed by atoms with Crippen molar-refractivity contribution in [3.63, 3.8) is 0 Å². The largest absolute Gasteiger partial charge is 0.390 e. The van der Waals surface area contributed by atoms with Gasteiger partial charge < -0.3 is 10.2 Å². The van der Waals surface area contributed by atoms with Crippen LogP contribution in [0.1, 0.15) is 65.0 Å². The molecule has 0 aromatic heterocycles. The Bertz CT molecular complexity index is 739. The van der Waals surface area contributed by atoms with Gasteiger partial charge in [0.15, 0.2) is 0 Å². The van der Waals surface area contributed by atoms with Crippen LogP contribution in [0.15, 0.2) is 18.2 Å². The van der Waals surface area contributed by atoms with E-state index in [1.807, 2.05) is 0 Å². The van der Waals surface area contributed by atoms with Gasteiger partial charge >= 0.3 is 23.9 Å². The van der Waals surface area contributed by atoms with E-state index < -0.39 is 47.2 Å². The van der Waals surface area contributed by atoms with Crippen LogP contribution in [0.2, 0.25) is 0 Å². The minimum absolute atomic E-state index is 0.103. The van der Waals surface area contributed by atoms with E-state index >= 15 is 0 Å². The van der Waals surface area contributed by atoms with E-state index in [2.05, 4.69) is 19.6 Å². The van der Waals surface area contributed by atoms with E-state index in [1.54, 1.807) is 0 Å². The van der Waals surface area contributed by atoms with Gasteiger partial charge in [0.1, 0.15) is 6.10 Å². The fraction of sp³-hybridized carbons (Fsp3) is 0.412. The number of rotatable bonds is 2. The molecule has 0 fully saturated rings. The van der Waals surface area contributed by atoms with Crippen molar-refractivity contribution in [2.45, 2.75) is 44.8 Å². The van der Waals surface area contributed by atoms with E-state index in [9.17, 15) is 29.4 Å². The van der Waals surface area contributed by atoms with E-state index in [0.29, 0.717) is 0 Å². The quantitative estimate of drug-likeness (QED) is 0.707. The molecule has 0 amide bonds. The Morgan fingerprint density at radius 3 is 1.96 bits per heavy atom. The first-order valence-electron chi connectivity index (χ1n) is 8.13. The number of carbonyl (C=O) groups is 4. The van der Waals surface area contributed by atoms with E-state index in [4.69, 9.17) is 0 Å². The van der Waals surface area contributed by atoms with E-state index in [-0.39, 0.29) is 31.2 Å². The van der Waals surface area contributed by atoms with Gasteiger partial charge in [-0.2, -0.15) is 0 Å². The second-order valence-electron chi connectivity index (χ2n) is 5.81. The number of hydrogen-bond acceptors (Lipinski definition) is 10. The number of fused-ring (bicyclic) bond motifs is 1. The van der Waals surface area contributed by atoms with Gasteiger partial charge in [0.2, 0.25) is 0 Å². The zero-order valence-electron chi connectivity index (χ0n) is 14.4. The van der Waals surface area contributed by atoms with Crippen molar-refractivity contribution in [1.29, 1.82) is 0 Å². The van der Waals surface area contributed by atoms with Crippen LogP contribution in [0.5, 0.6) is 0 Å². The first-order chi connectivity index (χ1) is 12.8. The molecular weight excluding hydrogens is 364 g/mol. The van der Waals surface area contributed by atoms with Gasteiger partial charge in [-0.1, -0.05) is 12.1 Å². The molecule has 27 heavy (non-hydrogen) atoms. The first-order valence-corrected chi connectivity index (χ1v) is 8.13. The molecule has 2 N–H and O–H groups in total. The van der Waals surface area contributed by atoms with Crippen molar-refractivity contribution in [3.05, 3.63) is 34.9 Å². The summed E-state index contributed by atoms with van der Waals surface area (Å²) < 4.78 is 0. The fourth-order valence-corrected chi connectivity index (χ4v) is 2.35. The molecule has 10 nitrogen and oxygen atoms in total. The lowest BCUT2D eigenvalue weighted by molar-refractivity contribution is -0.236. The van der Waals surface area contributed by atoms with Crippen molar-refractivity contribution >= 4 is 23.9 Å². The van der Waals surface area contributed by atoms with Crippen molar-refractivity contribution in [2.75, 3.05) is 0 Å². The van der Waals surface area contributed by atoms with Crippen LogP contribution in [0, 0.1) is 0 Å². The standard InChI is InChI=1S/C17H18O10/c1-9(18)15(21)10-5-4-6-11-14(10)17(23)27-25-13(20)8-3-2-7-12(19)24-26-16(11)22/h4-6,9,15,18,21H,2-3,7-8H2,1H3. The molecule has 2 atom stereocenters. The average Bonchev–Trinajstić information content (AvgIpc) is 2.65. The highest BCUT2D eigenvalue weighted by Gasteiger charge is 2.30. The van der Waals surface area contributed by atoms with Gasteiger partial charge in [-0.15, -0.1) is 0 Å². The first kappa shape index (κ1) is 20.3. The van der Waals surface area contributed by atoms with Crippen LogP contribution in [0.4, 0.5) is 0 Å². The van der Waals surface area contributed by atoms with Gasteiger partial charge in [-0.25, -0.2) is 38.7 Å². The molecule has 0 bridgehead atoms. The lowest BCUT2D eigenvalue weighted by atomic mass is 9.95. The zero-order chi connectivity index (χ0) is 20.0. The van der Waals surface area contributed by atoms with Gasteiger partial charge in [0.05, 0.1) is 30.1 Å². The molecule has 0 radical (unpaired) electrons. The number of hydrogen-bond donors (Lipinski definition) is 2. The fourth-order valence-electron chi connectivity index (χ4n) is 2.35. The lowest BCUT2D eigenvalue weighted by Crippen LogP contribution is -2.23. The molecule has 1 aliphatic heterocycles. The Kier molecular flexibility index (Phi) is 6.85. The topological polar surface area (TPSA) is 146 Å². The summed E-state index contributed by atoms with van der Waals surface area (Å²) in [4.78, 5) is 65.4. The molecule has 0 spiro atoms. The van der Waals surface area contributed by atoms with Gasteiger partial charge in [-0.05, 0) is 31.4 Å². The van der Waals surface area contributed by atoms with Crippen molar-refractivity contribution in [1.82, 2.24) is 0 Å². The number of carbonyl (C=O) groups excluding carboxylic acids is 4. The summed E-state index contributed by atoms with van der Waals surface area (Å²) in [5.74, 6) is -4.17. The lowest BCUT2D eigenvalue weighted by Gasteiger charge is -2.18. The van der Waals surface area contributed by atoms with Crippen molar-refractivity contribution in [2.24, 2.45) is 0 Å². The Hall–Kier alpha value is -2.98. The minimum atomic E-state index is -1.56. The molecule has 0 saturated heterocycles. The van der Waals surface area contributed by atoms with Crippen LogP contribution in [0.25, 0.3) is 0 Å². The number of benzene rings is 1.